The molecule has 1 unspecified atom stereocenters. The molecule has 3 rings (SSSR count). The number of imidazole rings is 1. The molecule has 1 aliphatic rings. The average molecular weight is 245 g/mol. The minimum atomic E-state index is 0.0960. The number of H-pyrrole nitrogens is 1. The van der Waals surface area contributed by atoms with Crippen LogP contribution in [0.15, 0.2) is 12.1 Å². The fourth-order valence-electron chi connectivity index (χ4n) is 2.58. The predicted octanol–water partition coefficient (Wildman–Crippen LogP) is 1.64. The number of nitrogens with one attached hydrogen (secondary N) is 3. The van der Waals surface area contributed by atoms with Crippen LogP contribution in [0.3, 0.4) is 0 Å². The molecule has 3 N–H and O–H groups in total. The Labute approximate surface area is 106 Å². The zero-order valence-corrected chi connectivity index (χ0v) is 10.9. The molecule has 0 spiro atoms. The van der Waals surface area contributed by atoms with Crippen molar-refractivity contribution >= 4 is 17.0 Å². The zero-order valence-electron chi connectivity index (χ0n) is 10.9. The lowest BCUT2D eigenvalue weighted by Crippen LogP contribution is -2.41. The first kappa shape index (κ1) is 11.5. The number of hydrogen-bond acceptors (Lipinski definition) is 4. The van der Waals surface area contributed by atoms with Gasteiger partial charge in [0.1, 0.15) is 11.6 Å². The number of aromatic amines is 1. The molecule has 0 bridgehead atoms. The highest BCUT2D eigenvalue weighted by molar-refractivity contribution is 5.73. The number of piperidine rings is 1. The van der Waals surface area contributed by atoms with Crippen molar-refractivity contribution in [1.29, 1.82) is 0 Å². The lowest BCUT2D eigenvalue weighted by molar-refractivity contribution is 0.326. The Balaban J connectivity index is 2.02. The first-order valence-electron chi connectivity index (χ1n) is 6.47. The fourth-order valence-corrected chi connectivity index (χ4v) is 2.58. The topological polar surface area (TPSA) is 65.6 Å². The van der Waals surface area contributed by atoms with E-state index < -0.39 is 0 Å². The summed E-state index contributed by atoms with van der Waals surface area (Å²) in [5, 5.41) is 6.49. The fraction of sp³-hybridized carbons (Fsp3) is 0.538. The highest BCUT2D eigenvalue weighted by atomic mass is 15.1. The number of nitrogens with zero attached hydrogens (tertiary/aromatic N) is 2. The number of anilines is 1. The summed E-state index contributed by atoms with van der Waals surface area (Å²) in [5.41, 5.74) is 1.90. The third kappa shape index (κ3) is 1.84. The first-order valence-corrected chi connectivity index (χ1v) is 6.47. The second kappa shape index (κ2) is 4.24. The molecule has 0 saturated carbocycles. The van der Waals surface area contributed by atoms with Crippen molar-refractivity contribution in [2.75, 3.05) is 25.5 Å². The monoisotopic (exact) mass is 245 g/mol. The zero-order chi connectivity index (χ0) is 12.6. The molecule has 0 amide bonds. The third-order valence-corrected chi connectivity index (χ3v) is 3.77. The second-order valence-electron chi connectivity index (χ2n) is 5.24. The quantitative estimate of drug-likeness (QED) is 0.752. The van der Waals surface area contributed by atoms with Crippen molar-refractivity contribution in [3.8, 4) is 0 Å². The van der Waals surface area contributed by atoms with Crippen molar-refractivity contribution in [1.82, 2.24) is 20.3 Å². The molecule has 3 heterocycles. The van der Waals surface area contributed by atoms with Crippen molar-refractivity contribution in [2.45, 2.75) is 25.2 Å². The molecule has 0 aliphatic carbocycles. The van der Waals surface area contributed by atoms with Gasteiger partial charge in [0.15, 0.2) is 5.65 Å². The van der Waals surface area contributed by atoms with Crippen LogP contribution in [0.5, 0.6) is 0 Å². The second-order valence-corrected chi connectivity index (χ2v) is 5.24. The third-order valence-electron chi connectivity index (χ3n) is 3.77. The summed E-state index contributed by atoms with van der Waals surface area (Å²) in [6.45, 7) is 4.35. The molecule has 5 nitrogen and oxygen atoms in total. The lowest BCUT2D eigenvalue weighted by atomic mass is 9.82. The Morgan fingerprint density at radius 3 is 2.94 bits per heavy atom. The largest absolute Gasteiger partial charge is 0.373 e. The summed E-state index contributed by atoms with van der Waals surface area (Å²) in [4.78, 5) is 12.6. The van der Waals surface area contributed by atoms with Crippen LogP contribution in [0.2, 0.25) is 0 Å². The van der Waals surface area contributed by atoms with Crippen molar-refractivity contribution in [3.05, 3.63) is 18.0 Å². The van der Waals surface area contributed by atoms with E-state index in [1.54, 1.807) is 0 Å². The average Bonchev–Trinajstić information content (AvgIpc) is 2.83. The van der Waals surface area contributed by atoms with Crippen molar-refractivity contribution in [2.24, 2.45) is 0 Å². The van der Waals surface area contributed by atoms with E-state index in [0.717, 1.165) is 35.9 Å². The minimum absolute atomic E-state index is 0.0960. The van der Waals surface area contributed by atoms with Crippen molar-refractivity contribution < 1.29 is 0 Å². The predicted molar refractivity (Wildman–Crippen MR) is 72.9 cm³/mol. The van der Waals surface area contributed by atoms with Gasteiger partial charge in [-0.25, -0.2) is 9.97 Å². The van der Waals surface area contributed by atoms with Gasteiger partial charge in [0, 0.05) is 19.0 Å². The summed E-state index contributed by atoms with van der Waals surface area (Å²) in [6.07, 6.45) is 2.36. The van der Waals surface area contributed by atoms with Crippen LogP contribution in [-0.4, -0.2) is 35.1 Å². The number of rotatable bonds is 2. The van der Waals surface area contributed by atoms with Gasteiger partial charge in [-0.1, -0.05) is 6.92 Å². The van der Waals surface area contributed by atoms with Gasteiger partial charge in [-0.2, -0.15) is 0 Å². The minimum Gasteiger partial charge on any atom is -0.373 e. The van der Waals surface area contributed by atoms with Crippen LogP contribution in [0, 0.1) is 0 Å². The van der Waals surface area contributed by atoms with Gasteiger partial charge in [0.25, 0.3) is 0 Å². The molecule has 96 valence electrons. The van der Waals surface area contributed by atoms with E-state index >= 15 is 0 Å². The van der Waals surface area contributed by atoms with Gasteiger partial charge in [-0.05, 0) is 31.5 Å². The molecular weight excluding hydrogens is 226 g/mol. The van der Waals surface area contributed by atoms with E-state index in [0.29, 0.717) is 0 Å². The number of aromatic nitrogens is 3. The van der Waals surface area contributed by atoms with Crippen LogP contribution >= 0.6 is 0 Å². The van der Waals surface area contributed by atoms with Crippen molar-refractivity contribution in [3.63, 3.8) is 0 Å². The summed E-state index contributed by atoms with van der Waals surface area (Å²) < 4.78 is 0. The maximum atomic E-state index is 4.67. The lowest BCUT2D eigenvalue weighted by Gasteiger charge is -2.32. The number of fused-ring (bicyclic) bond motifs is 1. The first-order chi connectivity index (χ1) is 8.71. The molecule has 1 fully saturated rings. The van der Waals surface area contributed by atoms with E-state index in [1.807, 2.05) is 19.2 Å². The van der Waals surface area contributed by atoms with Crippen LogP contribution < -0.4 is 10.6 Å². The molecule has 18 heavy (non-hydrogen) atoms. The van der Waals surface area contributed by atoms with Crippen LogP contribution in [0.25, 0.3) is 11.2 Å². The number of pyridine rings is 1. The summed E-state index contributed by atoms with van der Waals surface area (Å²) in [7, 11) is 1.87. The molecular formula is C13H19N5. The van der Waals surface area contributed by atoms with Crippen LogP contribution in [-0.2, 0) is 5.41 Å². The summed E-state index contributed by atoms with van der Waals surface area (Å²) in [5.74, 6) is 1.90. The van der Waals surface area contributed by atoms with Crippen LogP contribution in [0.1, 0.15) is 25.6 Å². The van der Waals surface area contributed by atoms with Gasteiger partial charge >= 0.3 is 0 Å². The molecule has 1 atom stereocenters. The highest BCUT2D eigenvalue weighted by Gasteiger charge is 2.31. The molecule has 1 aliphatic heterocycles. The van der Waals surface area contributed by atoms with Gasteiger partial charge in [-0.3, -0.25) is 0 Å². The Hall–Kier alpha value is -1.62. The molecule has 2 aromatic heterocycles. The number of hydrogen-bond donors (Lipinski definition) is 3. The SMILES string of the molecule is CNc1ccc2[nH]c(C3(C)CCCNC3)nc2n1. The molecule has 5 heteroatoms. The molecule has 1 saturated heterocycles. The normalized spacial score (nSPS) is 24.3. The maximum absolute atomic E-state index is 4.67. The summed E-state index contributed by atoms with van der Waals surface area (Å²) >= 11 is 0. The van der Waals surface area contributed by atoms with Gasteiger partial charge in [-0.15, -0.1) is 0 Å². The van der Waals surface area contributed by atoms with E-state index in [1.165, 1.54) is 12.8 Å². The molecule has 0 radical (unpaired) electrons. The van der Waals surface area contributed by atoms with Gasteiger partial charge in [0.2, 0.25) is 0 Å². The Kier molecular flexibility index (Phi) is 2.70. The van der Waals surface area contributed by atoms with E-state index in [-0.39, 0.29) is 5.41 Å². The molecule has 2 aromatic rings. The van der Waals surface area contributed by atoms with Gasteiger partial charge in [0.05, 0.1) is 5.52 Å². The Morgan fingerprint density at radius 1 is 1.33 bits per heavy atom. The van der Waals surface area contributed by atoms with E-state index in [9.17, 15) is 0 Å². The van der Waals surface area contributed by atoms with E-state index in [2.05, 4.69) is 32.5 Å². The highest BCUT2D eigenvalue weighted by Crippen LogP contribution is 2.29. The van der Waals surface area contributed by atoms with Gasteiger partial charge < -0.3 is 15.6 Å². The Morgan fingerprint density at radius 2 is 2.22 bits per heavy atom. The van der Waals surface area contributed by atoms with E-state index in [4.69, 9.17) is 0 Å². The Bertz CT molecular complexity index is 554. The smallest absolute Gasteiger partial charge is 0.179 e. The standard InChI is InChI=1S/C13H19N5/c1-13(6-3-7-15-8-13)12-16-9-4-5-10(14-2)17-11(9)18-12/h4-5,15H,3,6-8H2,1-2H3,(H2,14,16,17,18). The van der Waals surface area contributed by atoms with Crippen LogP contribution in [0.4, 0.5) is 5.82 Å². The molecule has 0 aromatic carbocycles. The summed E-state index contributed by atoms with van der Waals surface area (Å²) in [6, 6.07) is 4.00. The maximum Gasteiger partial charge on any atom is 0.179 e.